The molecule has 1 saturated heterocycles. The molecule has 2 rings (SSSR count). The fourth-order valence-corrected chi connectivity index (χ4v) is 4.33. The van der Waals surface area contributed by atoms with Gasteiger partial charge in [-0.2, -0.15) is 0 Å². The summed E-state index contributed by atoms with van der Waals surface area (Å²) < 4.78 is 22.9. The van der Waals surface area contributed by atoms with Gasteiger partial charge in [-0.1, -0.05) is 12.8 Å². The Morgan fingerprint density at radius 1 is 1.24 bits per heavy atom. The highest BCUT2D eigenvalue weighted by molar-refractivity contribution is 7.91. The van der Waals surface area contributed by atoms with Crippen molar-refractivity contribution in [3.8, 4) is 0 Å². The highest BCUT2D eigenvalue weighted by atomic mass is 32.2. The maximum Gasteiger partial charge on any atom is 0.240 e. The molecular weight excluding hydrogens is 240 g/mol. The number of rotatable bonds is 2. The molecule has 5 nitrogen and oxygen atoms in total. The van der Waals surface area contributed by atoms with Gasteiger partial charge in [-0.3, -0.25) is 4.79 Å². The average molecular weight is 260 g/mol. The molecule has 0 aromatic heterocycles. The second kappa shape index (κ2) is 4.57. The number of carbonyl (C=O) groups is 1. The molecule has 3 N–H and O–H groups in total. The lowest BCUT2D eigenvalue weighted by atomic mass is 9.97. The molecule has 0 bridgehead atoms. The molecule has 17 heavy (non-hydrogen) atoms. The first-order chi connectivity index (χ1) is 7.91. The number of nitrogens with one attached hydrogen (secondary N) is 1. The minimum atomic E-state index is -2.98. The Morgan fingerprint density at radius 3 is 2.47 bits per heavy atom. The third-order valence-electron chi connectivity index (χ3n) is 3.75. The van der Waals surface area contributed by atoms with Gasteiger partial charge in [-0.25, -0.2) is 8.42 Å². The minimum absolute atomic E-state index is 0.0643. The van der Waals surface area contributed by atoms with E-state index in [-0.39, 0.29) is 23.5 Å². The Bertz CT molecular complexity index is 399. The molecule has 1 unspecified atom stereocenters. The molecule has 0 spiro atoms. The van der Waals surface area contributed by atoms with Crippen LogP contribution in [-0.2, 0) is 14.6 Å². The van der Waals surface area contributed by atoms with Crippen molar-refractivity contribution >= 4 is 15.7 Å². The normalized spacial score (nSPS) is 31.0. The van der Waals surface area contributed by atoms with Crippen LogP contribution in [0.5, 0.6) is 0 Å². The second-order valence-corrected chi connectivity index (χ2v) is 7.52. The molecule has 6 heteroatoms. The van der Waals surface area contributed by atoms with Crippen LogP contribution in [0.3, 0.4) is 0 Å². The second-order valence-electron chi connectivity index (χ2n) is 5.29. The van der Waals surface area contributed by atoms with Gasteiger partial charge in [0.25, 0.3) is 0 Å². The third kappa shape index (κ3) is 2.98. The summed E-state index contributed by atoms with van der Waals surface area (Å²) in [5.74, 6) is 0.138. The standard InChI is InChI=1S/C11H20N2O3S/c12-11(5-1-2-6-11)10(14)13-9-4-3-7-17(15,16)8-9/h9H,1-8,12H2,(H,13,14). The van der Waals surface area contributed by atoms with Crippen molar-refractivity contribution in [3.05, 3.63) is 0 Å². The Labute approximate surface area is 102 Å². The molecular formula is C11H20N2O3S. The number of nitrogens with two attached hydrogens (primary N) is 1. The zero-order valence-corrected chi connectivity index (χ0v) is 10.8. The largest absolute Gasteiger partial charge is 0.351 e. The molecule has 2 fully saturated rings. The highest BCUT2D eigenvalue weighted by Crippen LogP contribution is 2.27. The summed E-state index contributed by atoms with van der Waals surface area (Å²) >= 11 is 0. The van der Waals surface area contributed by atoms with Crippen molar-refractivity contribution in [2.45, 2.75) is 50.1 Å². The maximum atomic E-state index is 12.0. The lowest BCUT2D eigenvalue weighted by Crippen LogP contribution is -2.56. The van der Waals surface area contributed by atoms with Crippen molar-refractivity contribution in [2.24, 2.45) is 5.73 Å². The fraction of sp³-hybridized carbons (Fsp3) is 0.909. The third-order valence-corrected chi connectivity index (χ3v) is 5.57. The van der Waals surface area contributed by atoms with Crippen molar-refractivity contribution in [1.29, 1.82) is 0 Å². The summed E-state index contributed by atoms with van der Waals surface area (Å²) in [6.45, 7) is 0. The highest BCUT2D eigenvalue weighted by Gasteiger charge is 2.38. The summed E-state index contributed by atoms with van der Waals surface area (Å²) in [5, 5.41) is 2.81. The van der Waals surface area contributed by atoms with Gasteiger partial charge in [-0.15, -0.1) is 0 Å². The molecule has 0 aromatic carbocycles. The summed E-state index contributed by atoms with van der Waals surface area (Å²) in [6.07, 6.45) is 4.74. The molecule has 1 saturated carbocycles. The Kier molecular flexibility index (Phi) is 3.45. The SMILES string of the molecule is NC1(C(=O)NC2CCCS(=O)(=O)C2)CCCC1. The smallest absolute Gasteiger partial charge is 0.240 e. The lowest BCUT2D eigenvalue weighted by molar-refractivity contribution is -0.126. The van der Waals surface area contributed by atoms with Crippen LogP contribution >= 0.6 is 0 Å². The number of hydrogen-bond donors (Lipinski definition) is 2. The van der Waals surface area contributed by atoms with Crippen LogP contribution in [0.15, 0.2) is 0 Å². The van der Waals surface area contributed by atoms with E-state index in [4.69, 9.17) is 5.73 Å². The Hall–Kier alpha value is -0.620. The van der Waals surface area contributed by atoms with Gasteiger partial charge < -0.3 is 11.1 Å². The predicted molar refractivity (Wildman–Crippen MR) is 65.2 cm³/mol. The van der Waals surface area contributed by atoms with Gasteiger partial charge in [0.1, 0.15) is 0 Å². The van der Waals surface area contributed by atoms with E-state index in [1.165, 1.54) is 0 Å². The first-order valence-corrected chi connectivity index (χ1v) is 8.04. The van der Waals surface area contributed by atoms with E-state index in [0.717, 1.165) is 19.3 Å². The van der Waals surface area contributed by atoms with Gasteiger partial charge in [0, 0.05) is 6.04 Å². The molecule has 1 aliphatic heterocycles. The zero-order chi connectivity index (χ0) is 12.5. The van der Waals surface area contributed by atoms with Gasteiger partial charge >= 0.3 is 0 Å². The van der Waals surface area contributed by atoms with E-state index in [9.17, 15) is 13.2 Å². The lowest BCUT2D eigenvalue weighted by Gasteiger charge is -2.28. The van der Waals surface area contributed by atoms with Crippen LogP contribution in [0.25, 0.3) is 0 Å². The fourth-order valence-electron chi connectivity index (χ4n) is 2.70. The molecule has 98 valence electrons. The molecule has 1 amide bonds. The van der Waals surface area contributed by atoms with Crippen LogP contribution in [0.1, 0.15) is 38.5 Å². The minimum Gasteiger partial charge on any atom is -0.351 e. The van der Waals surface area contributed by atoms with E-state index < -0.39 is 15.4 Å². The van der Waals surface area contributed by atoms with Gasteiger partial charge in [0.05, 0.1) is 17.0 Å². The van der Waals surface area contributed by atoms with Gasteiger partial charge in [-0.05, 0) is 25.7 Å². The Balaban J connectivity index is 1.94. The summed E-state index contributed by atoms with van der Waals surface area (Å²) in [5.41, 5.74) is 5.26. The van der Waals surface area contributed by atoms with Crippen LogP contribution in [0.2, 0.25) is 0 Å². The molecule has 0 aromatic rings. The van der Waals surface area contributed by atoms with Gasteiger partial charge in [0.15, 0.2) is 9.84 Å². The van der Waals surface area contributed by atoms with Crippen LogP contribution in [0, 0.1) is 0 Å². The van der Waals surface area contributed by atoms with Crippen molar-refractivity contribution in [3.63, 3.8) is 0 Å². The maximum absolute atomic E-state index is 12.0. The van der Waals surface area contributed by atoms with Crippen LogP contribution in [-0.4, -0.2) is 37.4 Å². The zero-order valence-electron chi connectivity index (χ0n) is 9.94. The monoisotopic (exact) mass is 260 g/mol. The average Bonchev–Trinajstić information content (AvgIpc) is 2.65. The Morgan fingerprint density at radius 2 is 1.88 bits per heavy atom. The van der Waals surface area contributed by atoms with Crippen molar-refractivity contribution in [2.75, 3.05) is 11.5 Å². The summed E-state index contributed by atoms with van der Waals surface area (Å²) in [4.78, 5) is 12.0. The first-order valence-electron chi connectivity index (χ1n) is 6.22. The predicted octanol–water partition coefficient (Wildman–Crippen LogP) is -0.0487. The number of carbonyl (C=O) groups excluding carboxylic acids is 1. The van der Waals surface area contributed by atoms with E-state index >= 15 is 0 Å². The topological polar surface area (TPSA) is 89.3 Å². The molecule has 0 radical (unpaired) electrons. The van der Waals surface area contributed by atoms with E-state index in [2.05, 4.69) is 5.32 Å². The number of sulfone groups is 1. The van der Waals surface area contributed by atoms with E-state index in [0.29, 0.717) is 19.3 Å². The summed E-state index contributed by atoms with van der Waals surface area (Å²) in [6, 6.07) is -0.248. The molecule has 1 heterocycles. The number of hydrogen-bond acceptors (Lipinski definition) is 4. The van der Waals surface area contributed by atoms with Gasteiger partial charge in [0.2, 0.25) is 5.91 Å². The van der Waals surface area contributed by atoms with Crippen LogP contribution in [0.4, 0.5) is 0 Å². The van der Waals surface area contributed by atoms with E-state index in [1.54, 1.807) is 0 Å². The molecule has 1 aliphatic carbocycles. The first kappa shape index (κ1) is 12.8. The molecule has 1 atom stereocenters. The summed E-state index contributed by atoms with van der Waals surface area (Å²) in [7, 11) is -2.98. The van der Waals surface area contributed by atoms with Crippen molar-refractivity contribution < 1.29 is 13.2 Å². The molecule has 2 aliphatic rings. The van der Waals surface area contributed by atoms with Crippen LogP contribution < -0.4 is 11.1 Å². The number of amides is 1. The van der Waals surface area contributed by atoms with Crippen molar-refractivity contribution in [1.82, 2.24) is 5.32 Å². The van der Waals surface area contributed by atoms with E-state index in [1.807, 2.05) is 0 Å². The quantitative estimate of drug-likeness (QED) is 0.728.